The lowest BCUT2D eigenvalue weighted by molar-refractivity contribution is -0.156. The molecule has 0 radical (unpaired) electrons. The monoisotopic (exact) mass is 204 g/mol. The molecular formula is C8H16N2O4. The summed E-state index contributed by atoms with van der Waals surface area (Å²) in [6.07, 6.45) is 0. The van der Waals surface area contributed by atoms with E-state index in [-0.39, 0.29) is 19.0 Å². The maximum absolute atomic E-state index is 11.1. The van der Waals surface area contributed by atoms with Gasteiger partial charge in [-0.1, -0.05) is 0 Å². The van der Waals surface area contributed by atoms with E-state index in [9.17, 15) is 14.7 Å². The third-order valence-corrected chi connectivity index (χ3v) is 1.55. The SMILES string of the molecule is CN(C)CC(=O)NCC(C)(O)C(=O)O. The van der Waals surface area contributed by atoms with E-state index in [1.807, 2.05) is 0 Å². The molecule has 0 heterocycles. The number of likely N-dealkylation sites (N-methyl/N-ethyl adjacent to an activating group) is 1. The molecule has 1 unspecified atom stereocenters. The van der Waals surface area contributed by atoms with Gasteiger partial charge in [-0.05, 0) is 21.0 Å². The number of amides is 1. The van der Waals surface area contributed by atoms with Crippen LogP contribution in [0, 0.1) is 0 Å². The Morgan fingerprint density at radius 1 is 1.43 bits per heavy atom. The zero-order valence-corrected chi connectivity index (χ0v) is 8.57. The second kappa shape index (κ2) is 4.92. The van der Waals surface area contributed by atoms with Crippen molar-refractivity contribution in [2.45, 2.75) is 12.5 Å². The molecule has 0 rings (SSSR count). The number of carboxylic acids is 1. The number of carbonyl (C=O) groups is 2. The number of nitrogens with one attached hydrogen (secondary N) is 1. The number of carbonyl (C=O) groups excluding carboxylic acids is 1. The Bertz CT molecular complexity index is 225. The predicted octanol–water partition coefficient (Wildman–Crippen LogP) is -1.50. The largest absolute Gasteiger partial charge is 0.479 e. The summed E-state index contributed by atoms with van der Waals surface area (Å²) in [5.41, 5.74) is -1.91. The number of hydrogen-bond donors (Lipinski definition) is 3. The first kappa shape index (κ1) is 12.9. The Kier molecular flexibility index (Phi) is 4.52. The van der Waals surface area contributed by atoms with Crippen LogP contribution in [-0.4, -0.2) is 59.8 Å². The molecule has 0 aliphatic rings. The molecule has 3 N–H and O–H groups in total. The fourth-order valence-corrected chi connectivity index (χ4v) is 0.689. The molecule has 0 aromatic rings. The Balaban J connectivity index is 3.94. The summed E-state index contributed by atoms with van der Waals surface area (Å²) in [4.78, 5) is 23.2. The van der Waals surface area contributed by atoms with Crippen molar-refractivity contribution in [2.24, 2.45) is 0 Å². The van der Waals surface area contributed by atoms with Crippen LogP contribution in [0.15, 0.2) is 0 Å². The van der Waals surface area contributed by atoms with Crippen LogP contribution in [0.1, 0.15) is 6.92 Å². The third kappa shape index (κ3) is 4.78. The van der Waals surface area contributed by atoms with E-state index >= 15 is 0 Å². The molecule has 14 heavy (non-hydrogen) atoms. The molecule has 0 spiro atoms. The van der Waals surface area contributed by atoms with E-state index in [1.165, 1.54) is 0 Å². The summed E-state index contributed by atoms with van der Waals surface area (Å²) in [7, 11) is 3.43. The molecule has 0 saturated heterocycles. The van der Waals surface area contributed by atoms with Crippen LogP contribution in [-0.2, 0) is 9.59 Å². The van der Waals surface area contributed by atoms with Gasteiger partial charge in [0.2, 0.25) is 5.91 Å². The van der Waals surface area contributed by atoms with E-state index in [4.69, 9.17) is 5.11 Å². The lowest BCUT2D eigenvalue weighted by Gasteiger charge is -2.19. The van der Waals surface area contributed by atoms with Crippen molar-refractivity contribution in [1.29, 1.82) is 0 Å². The van der Waals surface area contributed by atoms with Gasteiger partial charge in [-0.3, -0.25) is 4.79 Å². The molecule has 1 amide bonds. The smallest absolute Gasteiger partial charge is 0.337 e. The summed E-state index contributed by atoms with van der Waals surface area (Å²) in [5, 5.41) is 20.1. The van der Waals surface area contributed by atoms with Gasteiger partial charge in [0.15, 0.2) is 5.60 Å². The quantitative estimate of drug-likeness (QED) is 0.507. The Hall–Kier alpha value is -1.14. The second-order valence-corrected chi connectivity index (χ2v) is 3.59. The van der Waals surface area contributed by atoms with E-state index in [0.29, 0.717) is 0 Å². The van der Waals surface area contributed by atoms with Crippen LogP contribution in [0.3, 0.4) is 0 Å². The van der Waals surface area contributed by atoms with E-state index in [0.717, 1.165) is 6.92 Å². The van der Waals surface area contributed by atoms with E-state index in [1.54, 1.807) is 19.0 Å². The summed E-state index contributed by atoms with van der Waals surface area (Å²) in [5.74, 6) is -1.68. The minimum absolute atomic E-state index is 0.162. The molecule has 0 aliphatic carbocycles. The van der Waals surface area contributed by atoms with Gasteiger partial charge in [0, 0.05) is 0 Å². The first-order valence-electron chi connectivity index (χ1n) is 4.13. The molecule has 1 atom stereocenters. The summed E-state index contributed by atoms with van der Waals surface area (Å²) >= 11 is 0. The fourth-order valence-electron chi connectivity index (χ4n) is 0.689. The average Bonchev–Trinajstić information content (AvgIpc) is 1.99. The molecular weight excluding hydrogens is 188 g/mol. The van der Waals surface area contributed by atoms with Gasteiger partial charge in [0.25, 0.3) is 0 Å². The minimum atomic E-state index is -1.91. The number of aliphatic hydroxyl groups is 1. The van der Waals surface area contributed by atoms with Gasteiger partial charge < -0.3 is 20.4 Å². The van der Waals surface area contributed by atoms with Gasteiger partial charge in [-0.25, -0.2) is 4.79 Å². The van der Waals surface area contributed by atoms with Gasteiger partial charge in [-0.2, -0.15) is 0 Å². The molecule has 0 aromatic heterocycles. The van der Waals surface area contributed by atoms with Gasteiger partial charge in [0.05, 0.1) is 13.1 Å². The molecule has 82 valence electrons. The normalized spacial score (nSPS) is 14.9. The van der Waals surface area contributed by atoms with E-state index < -0.39 is 11.6 Å². The van der Waals surface area contributed by atoms with Gasteiger partial charge in [0.1, 0.15) is 0 Å². The van der Waals surface area contributed by atoms with Gasteiger partial charge >= 0.3 is 5.97 Å². The van der Waals surface area contributed by atoms with Crippen LogP contribution in [0.25, 0.3) is 0 Å². The number of rotatable bonds is 5. The first-order chi connectivity index (χ1) is 6.25. The summed E-state index contributed by atoms with van der Waals surface area (Å²) in [6.45, 7) is 0.996. The Morgan fingerprint density at radius 3 is 2.29 bits per heavy atom. The van der Waals surface area contributed by atoms with Crippen LogP contribution in [0.5, 0.6) is 0 Å². The highest BCUT2D eigenvalue weighted by Gasteiger charge is 2.30. The minimum Gasteiger partial charge on any atom is -0.479 e. The highest BCUT2D eigenvalue weighted by Crippen LogP contribution is 2.00. The number of carboxylic acid groups (broad SMARTS) is 1. The summed E-state index contributed by atoms with van der Waals surface area (Å²) in [6, 6.07) is 0. The lowest BCUT2D eigenvalue weighted by atomic mass is 10.1. The van der Waals surface area contributed by atoms with Crippen molar-refractivity contribution in [3.8, 4) is 0 Å². The Morgan fingerprint density at radius 2 is 1.93 bits per heavy atom. The zero-order chi connectivity index (χ0) is 11.4. The van der Waals surface area contributed by atoms with Crippen LogP contribution >= 0.6 is 0 Å². The lowest BCUT2D eigenvalue weighted by Crippen LogP contribution is -2.48. The highest BCUT2D eigenvalue weighted by atomic mass is 16.4. The van der Waals surface area contributed by atoms with E-state index in [2.05, 4.69) is 5.32 Å². The number of aliphatic carboxylic acids is 1. The summed E-state index contributed by atoms with van der Waals surface area (Å²) < 4.78 is 0. The van der Waals surface area contributed by atoms with Crippen molar-refractivity contribution in [3.05, 3.63) is 0 Å². The molecule has 0 aliphatic heterocycles. The molecule has 6 nitrogen and oxygen atoms in total. The molecule has 0 aromatic carbocycles. The molecule has 0 saturated carbocycles. The fraction of sp³-hybridized carbons (Fsp3) is 0.750. The third-order valence-electron chi connectivity index (χ3n) is 1.55. The molecule has 6 heteroatoms. The highest BCUT2D eigenvalue weighted by molar-refractivity contribution is 5.81. The maximum Gasteiger partial charge on any atom is 0.337 e. The standard InChI is InChI=1S/C8H16N2O4/c1-8(14,7(12)13)5-9-6(11)4-10(2)3/h14H,4-5H2,1-3H3,(H,9,11)(H,12,13). The topological polar surface area (TPSA) is 89.9 Å². The number of hydrogen-bond acceptors (Lipinski definition) is 4. The van der Waals surface area contributed by atoms with Crippen molar-refractivity contribution >= 4 is 11.9 Å². The van der Waals surface area contributed by atoms with Crippen molar-refractivity contribution in [2.75, 3.05) is 27.2 Å². The predicted molar refractivity (Wildman–Crippen MR) is 49.8 cm³/mol. The van der Waals surface area contributed by atoms with Gasteiger partial charge in [-0.15, -0.1) is 0 Å². The Labute approximate surface area is 82.5 Å². The van der Waals surface area contributed by atoms with Crippen LogP contribution in [0.2, 0.25) is 0 Å². The van der Waals surface area contributed by atoms with Crippen molar-refractivity contribution < 1.29 is 19.8 Å². The average molecular weight is 204 g/mol. The first-order valence-corrected chi connectivity index (χ1v) is 4.13. The molecule has 0 fully saturated rings. The van der Waals surface area contributed by atoms with Crippen molar-refractivity contribution in [3.63, 3.8) is 0 Å². The van der Waals surface area contributed by atoms with Crippen molar-refractivity contribution in [1.82, 2.24) is 10.2 Å². The number of nitrogens with zero attached hydrogens (tertiary/aromatic N) is 1. The van der Waals surface area contributed by atoms with Crippen LogP contribution in [0.4, 0.5) is 0 Å². The van der Waals surface area contributed by atoms with Crippen LogP contribution < -0.4 is 5.32 Å². The molecule has 0 bridgehead atoms. The zero-order valence-electron chi connectivity index (χ0n) is 8.57. The maximum atomic E-state index is 11.1. The second-order valence-electron chi connectivity index (χ2n) is 3.59.